The maximum absolute atomic E-state index is 13.2. The van der Waals surface area contributed by atoms with Gasteiger partial charge in [0.15, 0.2) is 0 Å². The Balaban J connectivity index is 2.17. The van der Waals surface area contributed by atoms with E-state index in [1.165, 1.54) is 12.1 Å². The van der Waals surface area contributed by atoms with Crippen LogP contribution in [-0.2, 0) is 0 Å². The fraction of sp³-hybridized carbons (Fsp3) is 0.133. The maximum Gasteiger partial charge on any atom is 0.255 e. The molecule has 0 atom stereocenters. The first-order chi connectivity index (χ1) is 9.47. The van der Waals surface area contributed by atoms with Crippen molar-refractivity contribution in [3.8, 4) is 0 Å². The predicted octanol–water partition coefficient (Wildman–Crippen LogP) is 3.91. The van der Waals surface area contributed by atoms with E-state index in [2.05, 4.69) is 21.2 Å². The summed E-state index contributed by atoms with van der Waals surface area (Å²) in [5, 5.41) is 2.68. The number of nitrogens with one attached hydrogen (secondary N) is 1. The first-order valence-corrected chi connectivity index (χ1v) is 6.80. The Morgan fingerprint density at radius 2 is 1.80 bits per heavy atom. The van der Waals surface area contributed by atoms with Gasteiger partial charge in [-0.1, -0.05) is 0 Å². The smallest absolute Gasteiger partial charge is 0.255 e. The van der Waals surface area contributed by atoms with Crippen LogP contribution in [0.15, 0.2) is 46.9 Å². The van der Waals surface area contributed by atoms with Gasteiger partial charge in [0.25, 0.3) is 5.91 Å². The van der Waals surface area contributed by atoms with Gasteiger partial charge in [-0.3, -0.25) is 4.79 Å². The third-order valence-electron chi connectivity index (χ3n) is 2.82. The number of hydrogen-bond donors (Lipinski definition) is 1. The van der Waals surface area contributed by atoms with E-state index in [0.717, 1.165) is 5.69 Å². The monoisotopic (exact) mass is 336 g/mol. The van der Waals surface area contributed by atoms with Gasteiger partial charge in [-0.2, -0.15) is 0 Å². The molecule has 5 heteroatoms. The van der Waals surface area contributed by atoms with Crippen molar-refractivity contribution in [1.29, 1.82) is 0 Å². The molecular formula is C15H14BrFN2O. The van der Waals surface area contributed by atoms with E-state index in [9.17, 15) is 9.18 Å². The minimum atomic E-state index is -0.397. The Morgan fingerprint density at radius 1 is 1.15 bits per heavy atom. The molecule has 1 amide bonds. The van der Waals surface area contributed by atoms with Gasteiger partial charge in [0, 0.05) is 29.8 Å². The summed E-state index contributed by atoms with van der Waals surface area (Å²) in [6.07, 6.45) is 0. The van der Waals surface area contributed by atoms with E-state index in [1.807, 2.05) is 31.1 Å². The van der Waals surface area contributed by atoms with Crippen molar-refractivity contribution in [2.75, 3.05) is 24.3 Å². The molecule has 2 aromatic rings. The minimum Gasteiger partial charge on any atom is -0.378 e. The first kappa shape index (κ1) is 14.5. The van der Waals surface area contributed by atoms with Crippen LogP contribution in [0.4, 0.5) is 15.8 Å². The molecule has 0 heterocycles. The van der Waals surface area contributed by atoms with Crippen molar-refractivity contribution in [3.63, 3.8) is 0 Å². The summed E-state index contributed by atoms with van der Waals surface area (Å²) in [7, 11) is 3.86. The Labute approximate surface area is 125 Å². The second kappa shape index (κ2) is 6.05. The fourth-order valence-electron chi connectivity index (χ4n) is 1.70. The molecule has 0 saturated carbocycles. The van der Waals surface area contributed by atoms with Gasteiger partial charge in [-0.15, -0.1) is 0 Å². The van der Waals surface area contributed by atoms with Gasteiger partial charge in [0.2, 0.25) is 0 Å². The Morgan fingerprint density at radius 3 is 2.40 bits per heavy atom. The number of carbonyl (C=O) groups excluding carboxylic acids is 1. The standard InChI is InChI=1S/C15H14BrFN2O/c1-19(2)12-6-3-10(4-7-12)15(20)18-14-9-11(17)5-8-13(14)16/h3-9H,1-2H3,(H,18,20). The molecule has 0 aliphatic carbocycles. The van der Waals surface area contributed by atoms with Gasteiger partial charge < -0.3 is 10.2 Å². The normalized spacial score (nSPS) is 10.2. The molecule has 0 unspecified atom stereocenters. The van der Waals surface area contributed by atoms with Crippen molar-refractivity contribution in [3.05, 3.63) is 58.3 Å². The van der Waals surface area contributed by atoms with Crippen LogP contribution in [0.2, 0.25) is 0 Å². The highest BCUT2D eigenvalue weighted by Crippen LogP contribution is 2.24. The number of halogens is 2. The molecule has 104 valence electrons. The average molecular weight is 337 g/mol. The quantitative estimate of drug-likeness (QED) is 0.921. The molecule has 0 aromatic heterocycles. The number of nitrogens with zero attached hydrogens (tertiary/aromatic N) is 1. The zero-order valence-corrected chi connectivity index (χ0v) is 12.7. The maximum atomic E-state index is 13.2. The summed E-state index contributed by atoms with van der Waals surface area (Å²) in [6, 6.07) is 11.3. The largest absolute Gasteiger partial charge is 0.378 e. The predicted molar refractivity (Wildman–Crippen MR) is 82.8 cm³/mol. The van der Waals surface area contributed by atoms with E-state index in [1.54, 1.807) is 18.2 Å². The Bertz CT molecular complexity index is 626. The highest BCUT2D eigenvalue weighted by molar-refractivity contribution is 9.10. The van der Waals surface area contributed by atoms with E-state index in [0.29, 0.717) is 15.7 Å². The van der Waals surface area contributed by atoms with Gasteiger partial charge >= 0.3 is 0 Å². The van der Waals surface area contributed by atoms with Crippen molar-refractivity contribution in [2.24, 2.45) is 0 Å². The van der Waals surface area contributed by atoms with Crippen LogP contribution in [0.3, 0.4) is 0 Å². The number of rotatable bonds is 3. The lowest BCUT2D eigenvalue weighted by atomic mass is 10.2. The highest BCUT2D eigenvalue weighted by atomic mass is 79.9. The summed E-state index contributed by atoms with van der Waals surface area (Å²) in [5.41, 5.74) is 1.94. The zero-order chi connectivity index (χ0) is 14.7. The van der Waals surface area contributed by atoms with E-state index >= 15 is 0 Å². The van der Waals surface area contributed by atoms with Crippen molar-refractivity contribution < 1.29 is 9.18 Å². The summed E-state index contributed by atoms with van der Waals surface area (Å²) in [5.74, 6) is -0.673. The SMILES string of the molecule is CN(C)c1ccc(C(=O)Nc2cc(F)ccc2Br)cc1. The summed E-state index contributed by atoms with van der Waals surface area (Å²) in [4.78, 5) is 14.0. The second-order valence-corrected chi connectivity index (χ2v) is 5.37. The Hall–Kier alpha value is -1.88. The lowest BCUT2D eigenvalue weighted by Gasteiger charge is -2.13. The molecule has 0 aliphatic rings. The molecule has 3 nitrogen and oxygen atoms in total. The molecule has 0 bridgehead atoms. The highest BCUT2D eigenvalue weighted by Gasteiger charge is 2.09. The van der Waals surface area contributed by atoms with Gasteiger partial charge in [0.05, 0.1) is 5.69 Å². The Kier molecular flexibility index (Phi) is 4.39. The molecule has 20 heavy (non-hydrogen) atoms. The molecule has 2 rings (SSSR count). The zero-order valence-electron chi connectivity index (χ0n) is 11.2. The van der Waals surface area contributed by atoms with Crippen molar-refractivity contribution >= 4 is 33.2 Å². The average Bonchev–Trinajstić information content (AvgIpc) is 2.43. The van der Waals surface area contributed by atoms with Crippen LogP contribution in [0.5, 0.6) is 0 Å². The first-order valence-electron chi connectivity index (χ1n) is 6.01. The third kappa shape index (κ3) is 3.36. The summed E-state index contributed by atoms with van der Waals surface area (Å²) in [6.45, 7) is 0. The van der Waals surface area contributed by atoms with Gasteiger partial charge in [-0.05, 0) is 58.4 Å². The van der Waals surface area contributed by atoms with Crippen LogP contribution in [0, 0.1) is 5.82 Å². The second-order valence-electron chi connectivity index (χ2n) is 4.52. The van der Waals surface area contributed by atoms with Crippen LogP contribution >= 0.6 is 15.9 Å². The number of amides is 1. The third-order valence-corrected chi connectivity index (χ3v) is 3.51. The molecule has 0 spiro atoms. The van der Waals surface area contributed by atoms with E-state index in [-0.39, 0.29) is 5.91 Å². The molecule has 1 N–H and O–H groups in total. The molecule has 0 fully saturated rings. The number of hydrogen-bond acceptors (Lipinski definition) is 2. The van der Waals surface area contributed by atoms with E-state index in [4.69, 9.17) is 0 Å². The molecule has 0 aliphatic heterocycles. The lowest BCUT2D eigenvalue weighted by molar-refractivity contribution is 0.102. The van der Waals surface area contributed by atoms with Crippen LogP contribution in [0.1, 0.15) is 10.4 Å². The molecule has 0 saturated heterocycles. The van der Waals surface area contributed by atoms with Gasteiger partial charge in [-0.25, -0.2) is 4.39 Å². The topological polar surface area (TPSA) is 32.3 Å². The number of carbonyl (C=O) groups is 1. The summed E-state index contributed by atoms with van der Waals surface area (Å²) >= 11 is 3.27. The van der Waals surface area contributed by atoms with Crippen LogP contribution in [0.25, 0.3) is 0 Å². The van der Waals surface area contributed by atoms with Crippen molar-refractivity contribution in [2.45, 2.75) is 0 Å². The fourth-order valence-corrected chi connectivity index (χ4v) is 2.04. The minimum absolute atomic E-state index is 0.276. The number of anilines is 2. The van der Waals surface area contributed by atoms with Crippen molar-refractivity contribution in [1.82, 2.24) is 0 Å². The summed E-state index contributed by atoms with van der Waals surface area (Å²) < 4.78 is 13.8. The molecule has 2 aromatic carbocycles. The molecular weight excluding hydrogens is 323 g/mol. The lowest BCUT2D eigenvalue weighted by Crippen LogP contribution is -2.13. The van der Waals surface area contributed by atoms with Crippen LogP contribution < -0.4 is 10.2 Å². The molecule has 0 radical (unpaired) electrons. The van der Waals surface area contributed by atoms with E-state index < -0.39 is 5.82 Å². The number of benzene rings is 2. The van der Waals surface area contributed by atoms with Gasteiger partial charge in [0.1, 0.15) is 5.82 Å². The van der Waals surface area contributed by atoms with Crippen LogP contribution in [-0.4, -0.2) is 20.0 Å².